The van der Waals surface area contributed by atoms with Crippen molar-refractivity contribution in [3.8, 4) is 0 Å². The fourth-order valence-electron chi connectivity index (χ4n) is 4.14. The van der Waals surface area contributed by atoms with Crippen LogP contribution >= 0.6 is 0 Å². The van der Waals surface area contributed by atoms with Crippen LogP contribution in [0.25, 0.3) is 0 Å². The number of aromatic nitrogens is 2. The Hall–Kier alpha value is -3.56. The zero-order chi connectivity index (χ0) is 24.0. The van der Waals surface area contributed by atoms with Crippen molar-refractivity contribution < 1.29 is 22.0 Å². The van der Waals surface area contributed by atoms with Gasteiger partial charge in [-0.15, -0.1) is 0 Å². The number of alkyl halides is 3. The lowest BCUT2D eigenvalue weighted by Crippen LogP contribution is -2.41. The first-order valence-corrected chi connectivity index (χ1v) is 10.1. The van der Waals surface area contributed by atoms with Crippen LogP contribution in [0, 0.1) is 11.6 Å². The van der Waals surface area contributed by atoms with Gasteiger partial charge in [0.2, 0.25) is 0 Å². The zero-order valence-electron chi connectivity index (χ0n) is 17.6. The van der Waals surface area contributed by atoms with E-state index in [1.54, 1.807) is 13.8 Å². The van der Waals surface area contributed by atoms with E-state index in [0.717, 1.165) is 12.3 Å². The second-order valence-electron chi connectivity index (χ2n) is 7.71. The zero-order valence-corrected chi connectivity index (χ0v) is 17.6. The summed E-state index contributed by atoms with van der Waals surface area (Å²) < 4.78 is 67.3. The molecule has 0 spiro atoms. The molecule has 0 saturated heterocycles. The molecule has 3 heterocycles. The molecular weight excluding hydrogens is 443 g/mol. The predicted molar refractivity (Wildman–Crippen MR) is 112 cm³/mol. The van der Waals surface area contributed by atoms with Crippen LogP contribution in [0.5, 0.6) is 0 Å². The van der Waals surface area contributed by atoms with Gasteiger partial charge in [-0.1, -0.05) is 25.1 Å². The highest BCUT2D eigenvalue weighted by molar-refractivity contribution is 6.02. The van der Waals surface area contributed by atoms with Crippen LogP contribution in [0.1, 0.15) is 41.8 Å². The molecule has 1 aliphatic heterocycles. The van der Waals surface area contributed by atoms with E-state index in [1.165, 1.54) is 36.5 Å². The van der Waals surface area contributed by atoms with Gasteiger partial charge in [0.05, 0.1) is 6.04 Å². The number of hydrogen-bond donors (Lipinski definition) is 2. The summed E-state index contributed by atoms with van der Waals surface area (Å²) in [5, 5.41) is 3.16. The van der Waals surface area contributed by atoms with E-state index in [-0.39, 0.29) is 17.8 Å². The van der Waals surface area contributed by atoms with E-state index < -0.39 is 40.6 Å². The van der Waals surface area contributed by atoms with Gasteiger partial charge in [0.15, 0.2) is 5.82 Å². The lowest BCUT2D eigenvalue weighted by Gasteiger charge is -2.31. The Morgan fingerprint density at radius 3 is 2.30 bits per heavy atom. The molecule has 2 aromatic heterocycles. The molecule has 0 saturated carbocycles. The molecule has 0 amide bonds. The SMILES string of the molecule is CCc1c(C2=NC(c3ccc(F)cc3)(c3ccc(C(F)(F)F)nc3)[C@H](C)N2)c[nH]c(=O)c1F. The number of pyridine rings is 2. The highest BCUT2D eigenvalue weighted by Gasteiger charge is 2.46. The monoisotopic (exact) mass is 462 g/mol. The maximum atomic E-state index is 14.5. The van der Waals surface area contributed by atoms with E-state index in [0.29, 0.717) is 16.7 Å². The van der Waals surface area contributed by atoms with Crippen molar-refractivity contribution in [1.29, 1.82) is 0 Å². The third-order valence-electron chi connectivity index (χ3n) is 5.79. The number of rotatable bonds is 4. The van der Waals surface area contributed by atoms with E-state index in [1.807, 2.05) is 0 Å². The first-order valence-electron chi connectivity index (χ1n) is 10.1. The standard InChI is InChI=1S/C23H19F5N4O/c1-3-16-17(11-30-21(33)19(16)25)20-31-12(2)22(32-20,13-4-7-15(24)8-5-13)14-6-9-18(29-10-14)23(26,27)28/h4-12H,3H2,1-2H3,(H,30,33)(H,31,32)/t12-,22?/m0/s1. The summed E-state index contributed by atoms with van der Waals surface area (Å²) in [6.45, 7) is 3.44. The molecule has 0 aliphatic carbocycles. The van der Waals surface area contributed by atoms with Gasteiger partial charge in [0.1, 0.15) is 22.9 Å². The molecule has 1 aromatic carbocycles. The second-order valence-corrected chi connectivity index (χ2v) is 7.71. The number of nitrogens with zero attached hydrogens (tertiary/aromatic N) is 2. The fourth-order valence-corrected chi connectivity index (χ4v) is 4.14. The van der Waals surface area contributed by atoms with E-state index in [9.17, 15) is 26.7 Å². The Labute approximate surface area is 185 Å². The number of aliphatic imine (C=N–C) groups is 1. The van der Waals surface area contributed by atoms with Crippen molar-refractivity contribution >= 4 is 5.84 Å². The first kappa shape index (κ1) is 22.6. The van der Waals surface area contributed by atoms with Crippen LogP contribution in [0.4, 0.5) is 22.0 Å². The average molecular weight is 462 g/mol. The van der Waals surface area contributed by atoms with Crippen LogP contribution in [0.15, 0.2) is 58.6 Å². The third kappa shape index (κ3) is 3.79. The molecule has 1 aliphatic rings. The first-order chi connectivity index (χ1) is 15.6. The summed E-state index contributed by atoms with van der Waals surface area (Å²) in [5.41, 5.74) is -1.89. The van der Waals surface area contributed by atoms with Gasteiger partial charge in [-0.3, -0.25) is 9.78 Å². The van der Waals surface area contributed by atoms with Crippen molar-refractivity contribution in [2.75, 3.05) is 0 Å². The molecule has 2 atom stereocenters. The molecule has 3 aromatic rings. The van der Waals surface area contributed by atoms with Gasteiger partial charge in [-0.2, -0.15) is 13.2 Å². The van der Waals surface area contributed by atoms with Crippen molar-refractivity contribution in [3.05, 3.63) is 98.7 Å². The molecule has 0 bridgehead atoms. The number of amidine groups is 1. The summed E-state index contributed by atoms with van der Waals surface area (Å²) in [6, 6.07) is 7.04. The summed E-state index contributed by atoms with van der Waals surface area (Å²) in [5.74, 6) is -1.17. The van der Waals surface area contributed by atoms with Gasteiger partial charge >= 0.3 is 6.18 Å². The minimum Gasteiger partial charge on any atom is -0.364 e. The lowest BCUT2D eigenvalue weighted by molar-refractivity contribution is -0.141. The normalized spacial score (nSPS) is 20.5. The molecule has 4 rings (SSSR count). The molecule has 2 N–H and O–H groups in total. The van der Waals surface area contributed by atoms with E-state index >= 15 is 0 Å². The van der Waals surface area contributed by atoms with Crippen molar-refractivity contribution in [2.45, 2.75) is 38.0 Å². The van der Waals surface area contributed by atoms with Gasteiger partial charge in [0.25, 0.3) is 5.56 Å². The van der Waals surface area contributed by atoms with Crippen LogP contribution in [0.2, 0.25) is 0 Å². The van der Waals surface area contributed by atoms with E-state index in [4.69, 9.17) is 4.99 Å². The maximum Gasteiger partial charge on any atom is 0.433 e. The van der Waals surface area contributed by atoms with Crippen LogP contribution < -0.4 is 10.9 Å². The topological polar surface area (TPSA) is 70.1 Å². The Balaban J connectivity index is 1.94. The largest absolute Gasteiger partial charge is 0.433 e. The molecular formula is C23H19F5N4O. The molecule has 0 radical (unpaired) electrons. The van der Waals surface area contributed by atoms with Gasteiger partial charge in [-0.05, 0) is 37.1 Å². The Morgan fingerprint density at radius 2 is 1.73 bits per heavy atom. The Kier molecular flexibility index (Phi) is 5.55. The molecule has 5 nitrogen and oxygen atoms in total. The minimum absolute atomic E-state index is 0.151. The highest BCUT2D eigenvalue weighted by atomic mass is 19.4. The summed E-state index contributed by atoms with van der Waals surface area (Å²) >= 11 is 0. The summed E-state index contributed by atoms with van der Waals surface area (Å²) in [6.07, 6.45) is -1.97. The number of benzene rings is 1. The van der Waals surface area contributed by atoms with Gasteiger partial charge in [-0.25, -0.2) is 13.8 Å². The minimum atomic E-state index is -4.61. The van der Waals surface area contributed by atoms with Crippen LogP contribution in [-0.2, 0) is 18.1 Å². The van der Waals surface area contributed by atoms with Crippen LogP contribution in [0.3, 0.4) is 0 Å². The smallest absolute Gasteiger partial charge is 0.364 e. The van der Waals surface area contributed by atoms with E-state index in [2.05, 4.69) is 15.3 Å². The molecule has 1 unspecified atom stereocenters. The third-order valence-corrected chi connectivity index (χ3v) is 5.79. The predicted octanol–water partition coefficient (Wildman–Crippen LogP) is 4.31. The van der Waals surface area contributed by atoms with Gasteiger partial charge in [0, 0.05) is 29.1 Å². The van der Waals surface area contributed by atoms with Crippen molar-refractivity contribution in [1.82, 2.24) is 15.3 Å². The molecule has 10 heteroatoms. The van der Waals surface area contributed by atoms with Crippen molar-refractivity contribution in [3.63, 3.8) is 0 Å². The van der Waals surface area contributed by atoms with Crippen LogP contribution in [-0.4, -0.2) is 21.8 Å². The van der Waals surface area contributed by atoms with Crippen molar-refractivity contribution in [2.24, 2.45) is 4.99 Å². The summed E-state index contributed by atoms with van der Waals surface area (Å²) in [4.78, 5) is 22.4. The summed E-state index contributed by atoms with van der Waals surface area (Å²) in [7, 11) is 0. The maximum absolute atomic E-state index is 14.5. The molecule has 33 heavy (non-hydrogen) atoms. The average Bonchev–Trinajstić information content (AvgIpc) is 3.13. The second kappa shape index (κ2) is 8.09. The highest BCUT2D eigenvalue weighted by Crippen LogP contribution is 2.41. The number of H-pyrrole nitrogens is 1. The number of aromatic amines is 1. The fraction of sp³-hybridized carbons (Fsp3) is 0.261. The number of halogens is 5. The number of nitrogens with one attached hydrogen (secondary N) is 2. The Bertz CT molecular complexity index is 1270. The molecule has 172 valence electrons. The molecule has 0 fully saturated rings. The lowest BCUT2D eigenvalue weighted by atomic mass is 9.79. The Morgan fingerprint density at radius 1 is 1.06 bits per heavy atom. The number of hydrogen-bond acceptors (Lipinski definition) is 4. The quantitative estimate of drug-likeness (QED) is 0.568. The van der Waals surface area contributed by atoms with Gasteiger partial charge < -0.3 is 10.3 Å².